The van der Waals surface area contributed by atoms with Crippen molar-refractivity contribution in [3.05, 3.63) is 59.7 Å². The monoisotopic (exact) mass is 356 g/mol. The first kappa shape index (κ1) is 19.5. The van der Waals surface area contributed by atoms with Gasteiger partial charge < -0.3 is 19.7 Å². The van der Waals surface area contributed by atoms with Gasteiger partial charge in [0.25, 0.3) is 5.91 Å². The number of benzene rings is 2. The van der Waals surface area contributed by atoms with Crippen molar-refractivity contribution in [3.63, 3.8) is 0 Å². The third-order valence-corrected chi connectivity index (χ3v) is 3.74. The predicted molar refractivity (Wildman–Crippen MR) is 101 cm³/mol. The second-order valence-corrected chi connectivity index (χ2v) is 5.95. The lowest BCUT2D eigenvalue weighted by Gasteiger charge is -2.12. The summed E-state index contributed by atoms with van der Waals surface area (Å²) in [6.45, 7) is 0.818. The normalized spacial score (nSPS) is 10.3. The molecule has 0 saturated carbocycles. The van der Waals surface area contributed by atoms with E-state index in [2.05, 4.69) is 5.32 Å². The van der Waals surface area contributed by atoms with Crippen molar-refractivity contribution in [3.8, 4) is 5.75 Å². The number of amides is 2. The third kappa shape index (κ3) is 5.60. The molecule has 2 amide bonds. The van der Waals surface area contributed by atoms with Crippen LogP contribution in [0.15, 0.2) is 48.5 Å². The fraction of sp³-hybridized carbons (Fsp3) is 0.300. The maximum absolute atomic E-state index is 12.5. The molecule has 6 heteroatoms. The average Bonchev–Trinajstić information content (AvgIpc) is 2.63. The summed E-state index contributed by atoms with van der Waals surface area (Å²) in [5.41, 5.74) is 2.00. The van der Waals surface area contributed by atoms with E-state index in [1.165, 1.54) is 0 Å². The molecule has 0 aromatic heterocycles. The maximum atomic E-state index is 12.5. The lowest BCUT2D eigenvalue weighted by molar-refractivity contribution is -0.127. The summed E-state index contributed by atoms with van der Waals surface area (Å²) < 4.78 is 10.6. The molecule has 2 rings (SSSR count). The zero-order valence-corrected chi connectivity index (χ0v) is 15.3. The lowest BCUT2D eigenvalue weighted by Crippen LogP contribution is -2.23. The number of likely N-dealkylation sites (N-methyl/N-ethyl adjacent to an activating group) is 1. The number of ether oxygens (including phenoxy) is 2. The minimum atomic E-state index is -0.255. The second kappa shape index (κ2) is 9.58. The molecule has 2 aromatic carbocycles. The van der Waals surface area contributed by atoms with E-state index in [-0.39, 0.29) is 11.8 Å². The molecule has 0 atom stereocenters. The van der Waals surface area contributed by atoms with Crippen LogP contribution in [0.2, 0.25) is 0 Å². The first-order valence-corrected chi connectivity index (χ1v) is 8.32. The molecule has 2 aromatic rings. The van der Waals surface area contributed by atoms with Crippen LogP contribution in [0, 0.1) is 0 Å². The van der Waals surface area contributed by atoms with E-state index in [1.807, 2.05) is 18.2 Å². The number of hydrogen-bond donors (Lipinski definition) is 1. The van der Waals surface area contributed by atoms with Crippen LogP contribution in [0.1, 0.15) is 15.9 Å². The predicted octanol–water partition coefficient (Wildman–Crippen LogP) is 2.59. The van der Waals surface area contributed by atoms with Crippen molar-refractivity contribution in [1.82, 2.24) is 4.90 Å². The molecule has 0 aliphatic carbocycles. The van der Waals surface area contributed by atoms with E-state index in [1.54, 1.807) is 56.4 Å². The molecular weight excluding hydrogens is 332 g/mol. The molecule has 0 saturated heterocycles. The standard InChI is InChI=1S/C20H24N2O4/c1-22(2)19(23)14-15-8-10-16(11-9-15)21-20(24)17-6-4-5-7-18(17)26-13-12-25-3/h4-11H,12-14H2,1-3H3,(H,21,24). The van der Waals surface area contributed by atoms with Gasteiger partial charge in [0.2, 0.25) is 5.91 Å². The molecular formula is C20H24N2O4. The van der Waals surface area contributed by atoms with Gasteiger partial charge in [-0.1, -0.05) is 24.3 Å². The Labute approximate surface area is 153 Å². The Bertz CT molecular complexity index is 742. The Morgan fingerprint density at radius 2 is 1.69 bits per heavy atom. The largest absolute Gasteiger partial charge is 0.490 e. The zero-order valence-electron chi connectivity index (χ0n) is 15.3. The van der Waals surface area contributed by atoms with Gasteiger partial charge in [0.05, 0.1) is 18.6 Å². The fourth-order valence-electron chi connectivity index (χ4n) is 2.25. The Morgan fingerprint density at radius 1 is 1.00 bits per heavy atom. The van der Waals surface area contributed by atoms with Crippen LogP contribution in [0.25, 0.3) is 0 Å². The van der Waals surface area contributed by atoms with Crippen molar-refractivity contribution in [2.75, 3.05) is 39.7 Å². The average molecular weight is 356 g/mol. The van der Waals surface area contributed by atoms with Crippen molar-refractivity contribution >= 4 is 17.5 Å². The Hall–Kier alpha value is -2.86. The number of carbonyl (C=O) groups excluding carboxylic acids is 2. The first-order valence-electron chi connectivity index (χ1n) is 8.32. The van der Waals surface area contributed by atoms with Gasteiger partial charge in [-0.15, -0.1) is 0 Å². The van der Waals surface area contributed by atoms with Gasteiger partial charge in [-0.2, -0.15) is 0 Å². The van der Waals surface area contributed by atoms with Gasteiger partial charge in [0.1, 0.15) is 12.4 Å². The van der Waals surface area contributed by atoms with E-state index in [4.69, 9.17) is 9.47 Å². The van der Waals surface area contributed by atoms with Gasteiger partial charge in [-0.05, 0) is 29.8 Å². The van der Waals surface area contributed by atoms with Gasteiger partial charge in [0.15, 0.2) is 0 Å². The molecule has 138 valence electrons. The van der Waals surface area contributed by atoms with Crippen molar-refractivity contribution in [2.45, 2.75) is 6.42 Å². The first-order chi connectivity index (χ1) is 12.5. The van der Waals surface area contributed by atoms with Crippen LogP contribution in [0.5, 0.6) is 5.75 Å². The summed E-state index contributed by atoms with van der Waals surface area (Å²) >= 11 is 0. The molecule has 0 fully saturated rings. The van der Waals surface area contributed by atoms with E-state index in [0.29, 0.717) is 36.6 Å². The molecule has 0 unspecified atom stereocenters. The Morgan fingerprint density at radius 3 is 2.35 bits per heavy atom. The number of hydrogen-bond acceptors (Lipinski definition) is 4. The third-order valence-electron chi connectivity index (χ3n) is 3.74. The van der Waals surface area contributed by atoms with E-state index in [9.17, 15) is 9.59 Å². The highest BCUT2D eigenvalue weighted by Gasteiger charge is 2.13. The SMILES string of the molecule is COCCOc1ccccc1C(=O)Nc1ccc(CC(=O)N(C)C)cc1. The lowest BCUT2D eigenvalue weighted by atomic mass is 10.1. The summed E-state index contributed by atoms with van der Waals surface area (Å²) in [4.78, 5) is 25.8. The smallest absolute Gasteiger partial charge is 0.259 e. The fourth-order valence-corrected chi connectivity index (χ4v) is 2.25. The quantitative estimate of drug-likeness (QED) is 0.738. The van der Waals surface area contributed by atoms with E-state index < -0.39 is 0 Å². The van der Waals surface area contributed by atoms with Gasteiger partial charge in [-0.25, -0.2) is 0 Å². The molecule has 0 aliphatic rings. The summed E-state index contributed by atoms with van der Waals surface area (Å²) in [5.74, 6) is 0.286. The minimum Gasteiger partial charge on any atom is -0.490 e. The molecule has 0 spiro atoms. The maximum Gasteiger partial charge on any atom is 0.259 e. The number of nitrogens with zero attached hydrogens (tertiary/aromatic N) is 1. The van der Waals surface area contributed by atoms with Crippen LogP contribution < -0.4 is 10.1 Å². The zero-order chi connectivity index (χ0) is 18.9. The van der Waals surface area contributed by atoms with E-state index in [0.717, 1.165) is 5.56 Å². The minimum absolute atomic E-state index is 0.0314. The highest BCUT2D eigenvalue weighted by molar-refractivity contribution is 6.06. The highest BCUT2D eigenvalue weighted by Crippen LogP contribution is 2.20. The molecule has 6 nitrogen and oxygen atoms in total. The number of para-hydroxylation sites is 1. The van der Waals surface area contributed by atoms with Crippen LogP contribution in [0.4, 0.5) is 5.69 Å². The summed E-state index contributed by atoms with van der Waals surface area (Å²) in [5, 5.41) is 2.85. The van der Waals surface area contributed by atoms with Crippen LogP contribution in [-0.4, -0.2) is 51.1 Å². The van der Waals surface area contributed by atoms with Crippen LogP contribution in [0.3, 0.4) is 0 Å². The van der Waals surface area contributed by atoms with E-state index >= 15 is 0 Å². The second-order valence-electron chi connectivity index (χ2n) is 5.95. The Balaban J connectivity index is 2.02. The van der Waals surface area contributed by atoms with Gasteiger partial charge in [-0.3, -0.25) is 9.59 Å². The van der Waals surface area contributed by atoms with Crippen LogP contribution >= 0.6 is 0 Å². The molecule has 0 heterocycles. The summed E-state index contributed by atoms with van der Waals surface area (Å²) in [7, 11) is 5.05. The summed E-state index contributed by atoms with van der Waals surface area (Å²) in [6, 6.07) is 14.3. The molecule has 26 heavy (non-hydrogen) atoms. The number of rotatable bonds is 8. The van der Waals surface area contributed by atoms with Crippen molar-refractivity contribution in [2.24, 2.45) is 0 Å². The number of methoxy groups -OCH3 is 1. The summed E-state index contributed by atoms with van der Waals surface area (Å²) in [6.07, 6.45) is 0.331. The van der Waals surface area contributed by atoms with Gasteiger partial charge in [0, 0.05) is 26.9 Å². The van der Waals surface area contributed by atoms with Crippen molar-refractivity contribution < 1.29 is 19.1 Å². The van der Waals surface area contributed by atoms with Gasteiger partial charge >= 0.3 is 0 Å². The van der Waals surface area contributed by atoms with Crippen molar-refractivity contribution in [1.29, 1.82) is 0 Å². The molecule has 1 N–H and O–H groups in total. The highest BCUT2D eigenvalue weighted by atomic mass is 16.5. The molecule has 0 bridgehead atoms. The Kier molecular flexibility index (Phi) is 7.17. The number of anilines is 1. The number of carbonyl (C=O) groups is 2. The molecule has 0 aliphatic heterocycles. The topological polar surface area (TPSA) is 67.9 Å². The van der Waals surface area contributed by atoms with Crippen LogP contribution in [-0.2, 0) is 16.0 Å². The number of nitrogens with one attached hydrogen (secondary N) is 1. The molecule has 0 radical (unpaired) electrons.